The first-order chi connectivity index (χ1) is 27.4. The number of hydrogen-bond acceptors (Lipinski definition) is 8. The van der Waals surface area contributed by atoms with Crippen LogP contribution in [0, 0.1) is 0 Å². The summed E-state index contributed by atoms with van der Waals surface area (Å²) in [5, 5.41) is 6.24. The largest absolute Gasteiger partial charge is 0.647 e. The molecule has 8 nitrogen and oxygen atoms in total. The van der Waals surface area contributed by atoms with Crippen LogP contribution in [-0.4, -0.2) is 0 Å². The van der Waals surface area contributed by atoms with Gasteiger partial charge in [0.1, 0.15) is 23.0 Å². The number of phosphoric ester groups is 2. The van der Waals surface area contributed by atoms with E-state index in [0.717, 1.165) is 21.5 Å². The van der Waals surface area contributed by atoms with E-state index < -0.39 is 15.6 Å². The second-order valence-corrected chi connectivity index (χ2v) is 15.7. The molecule has 0 aliphatic heterocycles. The fourth-order valence-electron chi connectivity index (χ4n) is 6.54. The second kappa shape index (κ2) is 14.8. The highest BCUT2D eigenvalue weighted by Gasteiger charge is 2.39. The van der Waals surface area contributed by atoms with Crippen molar-refractivity contribution in [3.63, 3.8) is 0 Å². The summed E-state index contributed by atoms with van der Waals surface area (Å²) in [6.07, 6.45) is 0. The molecule has 0 fully saturated rings. The molecule has 0 radical (unpaired) electrons. The first kappa shape index (κ1) is 35.0. The molecule has 9 aromatic rings. The van der Waals surface area contributed by atoms with E-state index in [-0.39, 0.29) is 34.5 Å². The third kappa shape index (κ3) is 7.24. The number of benzene rings is 9. The zero-order valence-corrected chi connectivity index (χ0v) is 31.4. The monoisotopic (exact) mass is 774 g/mol. The number of fused-ring (bicyclic) bond motifs is 4. The van der Waals surface area contributed by atoms with Gasteiger partial charge in [-0.1, -0.05) is 158 Å². The van der Waals surface area contributed by atoms with Gasteiger partial charge in [0.2, 0.25) is 0 Å². The number of hydrogen-bond donors (Lipinski definition) is 0. The Labute approximate surface area is 322 Å². The first-order valence-electron chi connectivity index (χ1n) is 17.8. The highest BCUT2D eigenvalue weighted by molar-refractivity contribution is 7.50. The Morgan fingerprint density at radius 1 is 0.232 bits per heavy atom. The molecule has 9 rings (SSSR count). The summed E-state index contributed by atoms with van der Waals surface area (Å²) in [6.45, 7) is 0. The zero-order valence-electron chi connectivity index (χ0n) is 29.6. The fraction of sp³-hybridized carbons (Fsp3) is 0. The normalized spacial score (nSPS) is 11.7. The minimum absolute atomic E-state index is 0.0976. The molecular weight excluding hydrogens is 742 g/mol. The van der Waals surface area contributed by atoms with Crippen LogP contribution in [0.15, 0.2) is 194 Å². The van der Waals surface area contributed by atoms with Crippen LogP contribution in [0.25, 0.3) is 43.1 Å². The van der Waals surface area contributed by atoms with E-state index in [2.05, 4.69) is 0 Å². The molecule has 0 saturated heterocycles. The van der Waals surface area contributed by atoms with Gasteiger partial charge in [0.15, 0.2) is 11.5 Å². The van der Waals surface area contributed by atoms with Gasteiger partial charge in [-0.3, -0.25) is 0 Å². The molecule has 0 unspecified atom stereocenters. The van der Waals surface area contributed by atoms with Crippen LogP contribution in [0.1, 0.15) is 0 Å². The van der Waals surface area contributed by atoms with Crippen LogP contribution in [0.3, 0.4) is 0 Å². The van der Waals surface area contributed by atoms with E-state index in [0.29, 0.717) is 21.5 Å². The molecule has 56 heavy (non-hydrogen) atoms. The van der Waals surface area contributed by atoms with E-state index in [4.69, 9.17) is 27.1 Å². The highest BCUT2D eigenvalue weighted by atomic mass is 31.2. The van der Waals surface area contributed by atoms with Crippen LogP contribution >= 0.6 is 15.6 Å². The Balaban J connectivity index is 1.13. The lowest BCUT2D eigenvalue weighted by atomic mass is 10.1. The molecule has 0 atom stereocenters. The quantitative estimate of drug-likeness (QED) is 0.113. The number of para-hydroxylation sites is 2. The summed E-state index contributed by atoms with van der Waals surface area (Å²) in [5.41, 5.74) is 0. The SMILES string of the molecule is O=P(Oc1ccccc1OP(=O)(Oc1cccc2ccccc12)Oc1cccc2ccccc12)(Oc1cccc2ccccc12)Oc1cccc2ccccc12. The molecule has 274 valence electrons. The van der Waals surface area contributed by atoms with E-state index in [1.54, 1.807) is 60.7 Å². The molecule has 0 aliphatic carbocycles. The molecular formula is C46H32O8P2. The zero-order chi connectivity index (χ0) is 38.0. The fourth-order valence-corrected chi connectivity index (χ4v) is 9.14. The highest BCUT2D eigenvalue weighted by Crippen LogP contribution is 2.57. The van der Waals surface area contributed by atoms with Crippen molar-refractivity contribution < 1.29 is 36.3 Å². The topological polar surface area (TPSA) is 89.5 Å². The molecule has 0 aliphatic rings. The maximum absolute atomic E-state index is 15.1. The van der Waals surface area contributed by atoms with Crippen LogP contribution < -0.4 is 27.1 Å². The Bertz CT molecular complexity index is 2590. The second-order valence-electron chi connectivity index (χ2n) is 12.8. The van der Waals surface area contributed by atoms with Crippen molar-refractivity contribution >= 4 is 58.7 Å². The summed E-state index contributed by atoms with van der Waals surface area (Å²) in [5.74, 6) is 0.895. The lowest BCUT2D eigenvalue weighted by molar-refractivity contribution is 0.281. The van der Waals surface area contributed by atoms with Gasteiger partial charge >= 0.3 is 15.6 Å². The van der Waals surface area contributed by atoms with Gasteiger partial charge in [-0.15, -0.1) is 0 Å². The van der Waals surface area contributed by atoms with Gasteiger partial charge in [-0.05, 0) is 57.9 Å². The number of rotatable bonds is 12. The molecule has 0 amide bonds. The summed E-state index contributed by atoms with van der Waals surface area (Å²) >= 11 is 0. The molecule has 0 spiro atoms. The smallest absolute Gasteiger partial charge is 0.385 e. The van der Waals surface area contributed by atoms with Crippen LogP contribution in [-0.2, 0) is 9.13 Å². The molecule has 9 aromatic carbocycles. The lowest BCUT2D eigenvalue weighted by Gasteiger charge is -2.24. The average Bonchev–Trinajstić information content (AvgIpc) is 3.22. The first-order valence-corrected chi connectivity index (χ1v) is 20.7. The van der Waals surface area contributed by atoms with Crippen LogP contribution in [0.2, 0.25) is 0 Å². The van der Waals surface area contributed by atoms with Gasteiger partial charge in [-0.25, -0.2) is 0 Å². The van der Waals surface area contributed by atoms with Crippen molar-refractivity contribution in [2.45, 2.75) is 0 Å². The maximum atomic E-state index is 15.1. The third-order valence-electron chi connectivity index (χ3n) is 9.11. The molecule has 0 heterocycles. The molecule has 0 bridgehead atoms. The predicted molar refractivity (Wildman–Crippen MR) is 221 cm³/mol. The van der Waals surface area contributed by atoms with Crippen molar-refractivity contribution in [1.29, 1.82) is 0 Å². The molecule has 10 heteroatoms. The minimum atomic E-state index is -4.64. The molecule has 0 saturated carbocycles. The Hall–Kier alpha value is -6.72. The van der Waals surface area contributed by atoms with Crippen LogP contribution in [0.5, 0.6) is 34.5 Å². The van der Waals surface area contributed by atoms with E-state index >= 15 is 9.13 Å². The standard InChI is InChI=1S/C46H32O8P2/c47-55(49-41-29-11-19-33-15-1-5-23-37(33)41,50-42-30-12-20-34-16-2-6-24-38(34)42)53-45-27-9-10-28-46(45)54-56(48,51-43-31-13-21-35-17-3-7-25-39(35)43)52-44-32-14-22-36-18-4-8-26-40(36)44/h1-32H. The van der Waals surface area contributed by atoms with Crippen molar-refractivity contribution in [3.05, 3.63) is 194 Å². The van der Waals surface area contributed by atoms with Crippen molar-refractivity contribution in [3.8, 4) is 34.5 Å². The van der Waals surface area contributed by atoms with E-state index in [1.807, 2.05) is 121 Å². The van der Waals surface area contributed by atoms with Gasteiger partial charge in [0.25, 0.3) is 0 Å². The minimum Gasteiger partial charge on any atom is -0.385 e. The van der Waals surface area contributed by atoms with Crippen molar-refractivity contribution in [2.75, 3.05) is 0 Å². The Morgan fingerprint density at radius 2 is 0.429 bits per heavy atom. The van der Waals surface area contributed by atoms with E-state index in [1.165, 1.54) is 12.1 Å². The number of phosphoric acid groups is 2. The molecule has 0 N–H and O–H groups in total. The molecule has 0 aromatic heterocycles. The predicted octanol–water partition coefficient (Wildman–Crippen LogP) is 13.6. The van der Waals surface area contributed by atoms with E-state index in [9.17, 15) is 0 Å². The van der Waals surface area contributed by atoms with Gasteiger partial charge in [-0.2, -0.15) is 9.13 Å². The summed E-state index contributed by atoms with van der Waals surface area (Å²) in [6, 6.07) is 58.2. The van der Waals surface area contributed by atoms with Crippen molar-refractivity contribution in [1.82, 2.24) is 0 Å². The average molecular weight is 775 g/mol. The maximum Gasteiger partial charge on any atom is 0.647 e. The Morgan fingerprint density at radius 3 is 0.714 bits per heavy atom. The lowest BCUT2D eigenvalue weighted by Crippen LogP contribution is -2.11. The Kier molecular flexibility index (Phi) is 9.28. The van der Waals surface area contributed by atoms with Gasteiger partial charge < -0.3 is 27.1 Å². The summed E-state index contributed by atoms with van der Waals surface area (Å²) in [4.78, 5) is 0. The van der Waals surface area contributed by atoms with Crippen LogP contribution in [0.4, 0.5) is 0 Å². The van der Waals surface area contributed by atoms with Gasteiger partial charge in [0, 0.05) is 21.5 Å². The van der Waals surface area contributed by atoms with Crippen molar-refractivity contribution in [2.24, 2.45) is 0 Å². The third-order valence-corrected chi connectivity index (χ3v) is 11.6. The van der Waals surface area contributed by atoms with Gasteiger partial charge in [0.05, 0.1) is 0 Å². The summed E-state index contributed by atoms with van der Waals surface area (Å²) < 4.78 is 67.9. The summed E-state index contributed by atoms with van der Waals surface area (Å²) in [7, 11) is -9.27.